The largest absolute Gasteiger partial charge is 0.327 e. The molecule has 0 aromatic heterocycles. The Kier molecular flexibility index (Phi) is 20.0. The highest BCUT2D eigenvalue weighted by Crippen LogP contribution is 2.28. The minimum Gasteiger partial charge on any atom is -0.327 e. The van der Waals surface area contributed by atoms with E-state index in [-0.39, 0.29) is 10.5 Å². The standard InChI is InChI=1S/C9H18N2S.C3H8.C2H6/c1-7(2)12(4)9(6-11)8(3)5-10;1-3-2;1-2/h6-7,11H,4-5,10H2,1-3H3;3H2,1-2H3;1-2H3/b9-8-,11-6?;;. The van der Waals surface area contributed by atoms with Crippen molar-refractivity contribution in [3.05, 3.63) is 10.5 Å². The van der Waals surface area contributed by atoms with Crippen LogP contribution in [-0.2, 0) is 0 Å². The van der Waals surface area contributed by atoms with Crippen molar-refractivity contribution in [2.24, 2.45) is 5.73 Å². The molecule has 104 valence electrons. The number of nitrogens with one attached hydrogen (secondary N) is 1. The molecule has 0 aliphatic heterocycles. The molecule has 0 bridgehead atoms. The van der Waals surface area contributed by atoms with E-state index >= 15 is 0 Å². The molecule has 0 saturated carbocycles. The van der Waals surface area contributed by atoms with Gasteiger partial charge in [-0.25, -0.2) is 0 Å². The Morgan fingerprint density at radius 1 is 1.35 bits per heavy atom. The molecule has 0 aromatic rings. The van der Waals surface area contributed by atoms with E-state index in [1.807, 2.05) is 20.8 Å². The molecule has 1 unspecified atom stereocenters. The molecule has 3 heteroatoms. The minimum atomic E-state index is -0.0829. The summed E-state index contributed by atoms with van der Waals surface area (Å²) in [4.78, 5) is 1.01. The summed E-state index contributed by atoms with van der Waals surface area (Å²) in [6.45, 7) is 15.0. The Morgan fingerprint density at radius 3 is 1.88 bits per heavy atom. The van der Waals surface area contributed by atoms with Gasteiger partial charge in [-0.1, -0.05) is 53.8 Å². The lowest BCUT2D eigenvalue weighted by Gasteiger charge is -2.14. The molecule has 0 aliphatic carbocycles. The molecule has 17 heavy (non-hydrogen) atoms. The van der Waals surface area contributed by atoms with Crippen molar-refractivity contribution in [1.29, 1.82) is 5.41 Å². The highest BCUT2D eigenvalue weighted by molar-refractivity contribution is 8.18. The van der Waals surface area contributed by atoms with Crippen LogP contribution in [0.4, 0.5) is 0 Å². The summed E-state index contributed by atoms with van der Waals surface area (Å²) in [5.41, 5.74) is 6.58. The van der Waals surface area contributed by atoms with Crippen molar-refractivity contribution in [3.8, 4) is 0 Å². The van der Waals surface area contributed by atoms with Gasteiger partial charge < -0.3 is 11.1 Å². The summed E-state index contributed by atoms with van der Waals surface area (Å²) < 4.78 is 0. The highest BCUT2D eigenvalue weighted by Gasteiger charge is 2.05. The molecule has 0 saturated heterocycles. The first-order chi connectivity index (χ1) is 7.95. The summed E-state index contributed by atoms with van der Waals surface area (Å²) in [7, 11) is -0.0829. The Labute approximate surface area is 111 Å². The Balaban J connectivity index is -0.000000337. The fourth-order valence-electron chi connectivity index (χ4n) is 0.777. The second-order valence-electron chi connectivity index (χ2n) is 3.68. The molecular formula is C14H32N2S. The number of nitrogens with two attached hydrogens (primary N) is 1. The molecule has 0 amide bonds. The van der Waals surface area contributed by atoms with Crippen molar-refractivity contribution < 1.29 is 0 Å². The van der Waals surface area contributed by atoms with Crippen LogP contribution in [0, 0.1) is 5.41 Å². The average molecular weight is 260 g/mol. The quantitative estimate of drug-likeness (QED) is 0.570. The van der Waals surface area contributed by atoms with Crippen molar-refractivity contribution >= 4 is 22.6 Å². The number of allylic oxidation sites excluding steroid dienone is 1. The molecule has 0 aliphatic rings. The van der Waals surface area contributed by atoms with Crippen LogP contribution in [0.5, 0.6) is 0 Å². The lowest BCUT2D eigenvalue weighted by Crippen LogP contribution is -2.05. The van der Waals surface area contributed by atoms with E-state index in [1.165, 1.54) is 12.6 Å². The molecule has 0 fully saturated rings. The van der Waals surface area contributed by atoms with Gasteiger partial charge in [-0.15, -0.1) is 0 Å². The zero-order chi connectivity index (χ0) is 14.4. The van der Waals surface area contributed by atoms with Crippen LogP contribution in [0.2, 0.25) is 0 Å². The van der Waals surface area contributed by atoms with Gasteiger partial charge in [0.2, 0.25) is 0 Å². The van der Waals surface area contributed by atoms with E-state index in [0.29, 0.717) is 11.8 Å². The second-order valence-corrected chi connectivity index (χ2v) is 5.92. The number of rotatable bonds is 4. The second kappa shape index (κ2) is 15.6. The topological polar surface area (TPSA) is 49.9 Å². The molecule has 3 N–H and O–H groups in total. The smallest absolute Gasteiger partial charge is 0.0309 e. The van der Waals surface area contributed by atoms with Gasteiger partial charge in [-0.2, -0.15) is 10.5 Å². The Hall–Kier alpha value is -0.410. The van der Waals surface area contributed by atoms with Gasteiger partial charge in [-0.3, -0.25) is 0 Å². The average Bonchev–Trinajstić information content (AvgIpc) is 2.33. The zero-order valence-electron chi connectivity index (χ0n) is 12.8. The maximum Gasteiger partial charge on any atom is 0.0309 e. The van der Waals surface area contributed by atoms with Gasteiger partial charge in [-0.05, 0) is 17.7 Å². The van der Waals surface area contributed by atoms with Crippen LogP contribution in [0.15, 0.2) is 10.5 Å². The monoisotopic (exact) mass is 260 g/mol. The molecule has 0 heterocycles. The van der Waals surface area contributed by atoms with E-state index in [1.54, 1.807) is 0 Å². The number of hydrogen-bond acceptors (Lipinski definition) is 2. The van der Waals surface area contributed by atoms with Crippen LogP contribution in [0.25, 0.3) is 0 Å². The fraction of sp³-hybridized carbons (Fsp3) is 0.714. The summed E-state index contributed by atoms with van der Waals surface area (Å²) >= 11 is 0. The Bertz CT molecular complexity index is 230. The van der Waals surface area contributed by atoms with Gasteiger partial charge in [0.1, 0.15) is 0 Å². The Morgan fingerprint density at radius 2 is 1.71 bits per heavy atom. The van der Waals surface area contributed by atoms with E-state index < -0.39 is 0 Å². The summed E-state index contributed by atoms with van der Waals surface area (Å²) in [5.74, 6) is 4.04. The lowest BCUT2D eigenvalue weighted by atomic mass is 10.3. The maximum absolute atomic E-state index is 7.25. The summed E-state index contributed by atoms with van der Waals surface area (Å²) in [5, 5.41) is 7.73. The van der Waals surface area contributed by atoms with Crippen molar-refractivity contribution in [2.75, 3.05) is 6.54 Å². The van der Waals surface area contributed by atoms with Gasteiger partial charge in [0, 0.05) is 17.7 Å². The fourth-order valence-corrected chi connectivity index (χ4v) is 1.97. The maximum atomic E-state index is 7.25. The summed E-state index contributed by atoms with van der Waals surface area (Å²) in [6, 6.07) is 0. The third-order valence-corrected chi connectivity index (χ3v) is 3.88. The van der Waals surface area contributed by atoms with Gasteiger partial charge in [0.15, 0.2) is 0 Å². The normalized spacial score (nSPS) is 12.5. The van der Waals surface area contributed by atoms with Crippen molar-refractivity contribution in [1.82, 2.24) is 0 Å². The lowest BCUT2D eigenvalue weighted by molar-refractivity contribution is 1.09. The third kappa shape index (κ3) is 11.8. The molecule has 1 atom stereocenters. The molecule has 0 rings (SSSR count). The van der Waals surface area contributed by atoms with Gasteiger partial charge in [0.25, 0.3) is 0 Å². The first-order valence-electron chi connectivity index (χ1n) is 6.39. The number of hydrogen-bond donors (Lipinski definition) is 2. The molecule has 2 nitrogen and oxygen atoms in total. The predicted molar refractivity (Wildman–Crippen MR) is 87.7 cm³/mol. The van der Waals surface area contributed by atoms with E-state index in [4.69, 9.17) is 11.1 Å². The molecule has 0 spiro atoms. The van der Waals surface area contributed by atoms with E-state index in [9.17, 15) is 0 Å². The minimum absolute atomic E-state index is 0.0829. The van der Waals surface area contributed by atoms with Gasteiger partial charge in [0.05, 0.1) is 0 Å². The molecular weight excluding hydrogens is 228 g/mol. The van der Waals surface area contributed by atoms with Crippen molar-refractivity contribution in [2.45, 2.75) is 60.1 Å². The van der Waals surface area contributed by atoms with Gasteiger partial charge >= 0.3 is 0 Å². The van der Waals surface area contributed by atoms with Crippen LogP contribution in [0.1, 0.15) is 54.9 Å². The predicted octanol–water partition coefficient (Wildman–Crippen LogP) is 4.42. The molecule has 0 radical (unpaired) electrons. The zero-order valence-corrected chi connectivity index (χ0v) is 13.6. The van der Waals surface area contributed by atoms with Crippen LogP contribution >= 0.6 is 10.5 Å². The molecule has 0 aromatic carbocycles. The highest BCUT2D eigenvalue weighted by atomic mass is 32.2. The van der Waals surface area contributed by atoms with E-state index in [0.717, 1.165) is 10.5 Å². The van der Waals surface area contributed by atoms with E-state index in [2.05, 4.69) is 33.6 Å². The summed E-state index contributed by atoms with van der Waals surface area (Å²) in [6.07, 6.45) is 2.64. The first-order valence-corrected chi connectivity index (χ1v) is 7.84. The van der Waals surface area contributed by atoms with Crippen molar-refractivity contribution in [3.63, 3.8) is 0 Å². The van der Waals surface area contributed by atoms with Crippen LogP contribution in [0.3, 0.4) is 0 Å². The third-order valence-electron chi connectivity index (χ3n) is 1.71. The van der Waals surface area contributed by atoms with Crippen LogP contribution < -0.4 is 5.73 Å². The first kappa shape index (κ1) is 21.8. The SMILES string of the molecule is C=S(/C(C=N)=C(/C)CN)C(C)C.CC.CCC. The van der Waals surface area contributed by atoms with Crippen LogP contribution in [-0.4, -0.2) is 23.9 Å².